The summed E-state index contributed by atoms with van der Waals surface area (Å²) in [6.45, 7) is 1.57. The van der Waals surface area contributed by atoms with Gasteiger partial charge in [0.25, 0.3) is 5.91 Å². The molecule has 0 radical (unpaired) electrons. The van der Waals surface area contributed by atoms with E-state index in [1.165, 1.54) is 0 Å². The highest BCUT2D eigenvalue weighted by molar-refractivity contribution is 9.10. The van der Waals surface area contributed by atoms with Crippen LogP contribution in [0.3, 0.4) is 0 Å². The van der Waals surface area contributed by atoms with Crippen LogP contribution in [0.2, 0.25) is 0 Å². The van der Waals surface area contributed by atoms with Crippen molar-refractivity contribution in [2.24, 2.45) is 5.73 Å². The summed E-state index contributed by atoms with van der Waals surface area (Å²) in [7, 11) is 1.63. The summed E-state index contributed by atoms with van der Waals surface area (Å²) in [5.41, 5.74) is 6.49. The predicted molar refractivity (Wildman–Crippen MR) is 77.0 cm³/mol. The van der Waals surface area contributed by atoms with Crippen LogP contribution in [0, 0.1) is 0 Å². The lowest BCUT2D eigenvalue weighted by molar-refractivity contribution is -0.123. The second kappa shape index (κ2) is 8.90. The van der Waals surface area contributed by atoms with E-state index < -0.39 is 0 Å². The average molecular weight is 331 g/mol. The van der Waals surface area contributed by atoms with Crippen LogP contribution >= 0.6 is 15.9 Å². The molecule has 1 rings (SSSR count). The van der Waals surface area contributed by atoms with Crippen LogP contribution in [0.15, 0.2) is 22.7 Å². The monoisotopic (exact) mass is 330 g/mol. The number of methoxy groups -OCH3 is 1. The summed E-state index contributed by atoms with van der Waals surface area (Å²) in [5, 5.41) is 2.75. The van der Waals surface area contributed by atoms with Gasteiger partial charge in [-0.3, -0.25) is 4.79 Å². The molecule has 0 spiro atoms. The SMILES string of the molecule is COCCCNC(=O)COc1ccc(Br)cc1CN. The molecule has 0 aromatic heterocycles. The van der Waals surface area contributed by atoms with Gasteiger partial charge in [-0.2, -0.15) is 0 Å². The first-order valence-electron chi connectivity index (χ1n) is 6.04. The number of benzene rings is 1. The first-order chi connectivity index (χ1) is 9.17. The van der Waals surface area contributed by atoms with E-state index in [2.05, 4.69) is 21.2 Å². The number of hydrogen-bond donors (Lipinski definition) is 2. The molecular formula is C13H19BrN2O3. The number of carbonyl (C=O) groups is 1. The molecule has 0 aliphatic heterocycles. The van der Waals surface area contributed by atoms with Crippen molar-refractivity contribution in [2.75, 3.05) is 26.9 Å². The molecule has 1 amide bonds. The van der Waals surface area contributed by atoms with E-state index in [1.54, 1.807) is 13.2 Å². The molecular weight excluding hydrogens is 312 g/mol. The van der Waals surface area contributed by atoms with E-state index in [9.17, 15) is 4.79 Å². The van der Waals surface area contributed by atoms with Gasteiger partial charge >= 0.3 is 0 Å². The summed E-state index contributed by atoms with van der Waals surface area (Å²) in [6, 6.07) is 5.53. The van der Waals surface area contributed by atoms with E-state index >= 15 is 0 Å². The molecule has 0 unspecified atom stereocenters. The topological polar surface area (TPSA) is 73.6 Å². The average Bonchev–Trinajstić information content (AvgIpc) is 2.42. The molecule has 1 aromatic carbocycles. The normalized spacial score (nSPS) is 10.3. The molecule has 0 saturated carbocycles. The highest BCUT2D eigenvalue weighted by Crippen LogP contribution is 2.22. The number of carbonyl (C=O) groups excluding carboxylic acids is 1. The first kappa shape index (κ1) is 15.9. The van der Waals surface area contributed by atoms with Crippen molar-refractivity contribution < 1.29 is 14.3 Å². The quantitative estimate of drug-likeness (QED) is 0.707. The minimum atomic E-state index is -0.151. The summed E-state index contributed by atoms with van der Waals surface area (Å²) in [6.07, 6.45) is 0.786. The van der Waals surface area contributed by atoms with Gasteiger partial charge in [-0.25, -0.2) is 0 Å². The molecule has 1 aromatic rings. The van der Waals surface area contributed by atoms with Gasteiger partial charge in [0.1, 0.15) is 5.75 Å². The highest BCUT2D eigenvalue weighted by Gasteiger charge is 2.06. The maximum atomic E-state index is 11.5. The molecule has 0 aliphatic carbocycles. The Labute approximate surface area is 121 Å². The van der Waals surface area contributed by atoms with Crippen LogP contribution in [0.5, 0.6) is 5.75 Å². The van der Waals surface area contributed by atoms with Crippen LogP contribution in [-0.4, -0.2) is 32.8 Å². The van der Waals surface area contributed by atoms with Crippen LogP contribution in [0.4, 0.5) is 0 Å². The Hall–Kier alpha value is -1.11. The highest BCUT2D eigenvalue weighted by atomic mass is 79.9. The standard InChI is InChI=1S/C13H19BrN2O3/c1-18-6-2-5-16-13(17)9-19-12-4-3-11(14)7-10(12)8-15/h3-4,7H,2,5-6,8-9,15H2,1H3,(H,16,17). The van der Waals surface area contributed by atoms with Crippen molar-refractivity contribution in [3.8, 4) is 5.75 Å². The Morgan fingerprint density at radius 1 is 1.47 bits per heavy atom. The number of nitrogens with two attached hydrogens (primary N) is 1. The Morgan fingerprint density at radius 2 is 2.26 bits per heavy atom. The molecule has 0 heterocycles. The minimum absolute atomic E-state index is 0.0123. The van der Waals surface area contributed by atoms with Crippen LogP contribution in [-0.2, 0) is 16.1 Å². The van der Waals surface area contributed by atoms with Gasteiger partial charge in [0.05, 0.1) is 0 Å². The van der Waals surface area contributed by atoms with Crippen molar-refractivity contribution in [1.29, 1.82) is 0 Å². The predicted octanol–water partition coefficient (Wildman–Crippen LogP) is 1.44. The fourth-order valence-corrected chi connectivity index (χ4v) is 1.90. The number of ether oxygens (including phenoxy) is 2. The van der Waals surface area contributed by atoms with E-state index in [0.717, 1.165) is 16.5 Å². The molecule has 5 nitrogen and oxygen atoms in total. The second-order valence-corrected chi connectivity index (χ2v) is 4.86. The lowest BCUT2D eigenvalue weighted by Crippen LogP contribution is -2.30. The summed E-state index contributed by atoms with van der Waals surface area (Å²) in [5.74, 6) is 0.486. The van der Waals surface area contributed by atoms with Gasteiger partial charge < -0.3 is 20.5 Å². The fraction of sp³-hybridized carbons (Fsp3) is 0.462. The van der Waals surface area contributed by atoms with Crippen LogP contribution in [0.1, 0.15) is 12.0 Å². The van der Waals surface area contributed by atoms with Gasteiger partial charge in [0, 0.05) is 36.8 Å². The Morgan fingerprint density at radius 3 is 2.95 bits per heavy atom. The van der Waals surface area contributed by atoms with Crippen molar-refractivity contribution in [3.05, 3.63) is 28.2 Å². The van der Waals surface area contributed by atoms with Crippen molar-refractivity contribution in [2.45, 2.75) is 13.0 Å². The number of hydrogen-bond acceptors (Lipinski definition) is 4. The van der Waals surface area contributed by atoms with Crippen LogP contribution in [0.25, 0.3) is 0 Å². The third-order valence-electron chi connectivity index (χ3n) is 2.45. The minimum Gasteiger partial charge on any atom is -0.483 e. The number of halogens is 1. The molecule has 19 heavy (non-hydrogen) atoms. The smallest absolute Gasteiger partial charge is 0.257 e. The first-order valence-corrected chi connectivity index (χ1v) is 6.83. The molecule has 106 valence electrons. The molecule has 0 saturated heterocycles. The third-order valence-corrected chi connectivity index (χ3v) is 2.94. The molecule has 0 atom stereocenters. The lowest BCUT2D eigenvalue weighted by Gasteiger charge is -2.11. The van der Waals surface area contributed by atoms with Gasteiger partial charge in [0.15, 0.2) is 6.61 Å². The Balaban J connectivity index is 2.37. The van der Waals surface area contributed by atoms with Gasteiger partial charge in [0.2, 0.25) is 0 Å². The largest absolute Gasteiger partial charge is 0.483 e. The van der Waals surface area contributed by atoms with E-state index in [1.807, 2.05) is 12.1 Å². The number of nitrogens with one attached hydrogen (secondary N) is 1. The molecule has 3 N–H and O–H groups in total. The maximum Gasteiger partial charge on any atom is 0.257 e. The zero-order valence-electron chi connectivity index (χ0n) is 10.9. The zero-order valence-corrected chi connectivity index (χ0v) is 12.5. The van der Waals surface area contributed by atoms with Gasteiger partial charge in [-0.15, -0.1) is 0 Å². The second-order valence-electron chi connectivity index (χ2n) is 3.94. The van der Waals surface area contributed by atoms with Crippen molar-refractivity contribution >= 4 is 21.8 Å². The van der Waals surface area contributed by atoms with Crippen molar-refractivity contribution in [1.82, 2.24) is 5.32 Å². The van der Waals surface area contributed by atoms with Gasteiger partial charge in [-0.1, -0.05) is 15.9 Å². The molecule has 6 heteroatoms. The molecule has 0 bridgehead atoms. The van der Waals surface area contributed by atoms with Gasteiger partial charge in [-0.05, 0) is 24.6 Å². The molecule has 0 fully saturated rings. The Bertz CT molecular complexity index is 413. The summed E-state index contributed by atoms with van der Waals surface area (Å²) in [4.78, 5) is 11.5. The number of amides is 1. The Kier molecular flexibility index (Phi) is 7.47. The molecule has 0 aliphatic rings. The zero-order chi connectivity index (χ0) is 14.1. The third kappa shape index (κ3) is 6.04. The van der Waals surface area contributed by atoms with E-state index in [-0.39, 0.29) is 12.5 Å². The lowest BCUT2D eigenvalue weighted by atomic mass is 10.2. The summed E-state index contributed by atoms with van der Waals surface area (Å²) < 4.78 is 11.3. The summed E-state index contributed by atoms with van der Waals surface area (Å²) >= 11 is 3.36. The van der Waals surface area contributed by atoms with Crippen molar-refractivity contribution in [3.63, 3.8) is 0 Å². The van der Waals surface area contributed by atoms with Crippen LogP contribution < -0.4 is 15.8 Å². The fourth-order valence-electron chi connectivity index (χ4n) is 1.49. The number of rotatable bonds is 8. The van der Waals surface area contributed by atoms with E-state index in [0.29, 0.717) is 25.4 Å². The maximum absolute atomic E-state index is 11.5. The van der Waals surface area contributed by atoms with E-state index in [4.69, 9.17) is 15.2 Å².